The Morgan fingerprint density at radius 3 is 0.853 bits per heavy atom. The first-order valence-electron chi connectivity index (χ1n) is 29.2. The lowest BCUT2D eigenvalue weighted by Crippen LogP contribution is -2.66. The van der Waals surface area contributed by atoms with Crippen molar-refractivity contribution in [3.63, 3.8) is 0 Å². The summed E-state index contributed by atoms with van der Waals surface area (Å²) < 4.78 is 56.0. The topological polar surface area (TPSA) is 571 Å². The smallest absolute Gasteiger partial charge is 0.317 e. The number of aliphatic carboxylic acids is 12. The number of carbonyl (C=O) groups is 12. The van der Waals surface area contributed by atoms with E-state index in [1.54, 1.807) is 0 Å². The van der Waals surface area contributed by atoms with Gasteiger partial charge in [-0.2, -0.15) is 0 Å². The molecular weight excluding hydrogens is 1400 g/mol. The first kappa shape index (κ1) is 86.4. The number of aliphatic hydroxyl groups excluding tert-OH is 2. The molecule has 0 spiro atoms. The van der Waals surface area contributed by atoms with E-state index in [-0.39, 0.29) is 113 Å². The molecule has 2 saturated heterocycles. The zero-order valence-electron chi connectivity index (χ0n) is 50.9. The molecule has 2 fully saturated rings. The van der Waals surface area contributed by atoms with Gasteiger partial charge in [0.1, 0.15) is 80.3 Å². The molecule has 16 atom stereocenters. The maximum atomic E-state index is 12.5. The zero-order chi connectivity index (χ0) is 71.2. The Labute approximate surface area is 568 Å². The van der Waals surface area contributed by atoms with Crippen LogP contribution in [-0.4, -0.2) is 323 Å². The van der Waals surface area contributed by atoms with Crippen molar-refractivity contribution in [2.45, 2.75) is 170 Å². The molecule has 0 amide bonds. The summed E-state index contributed by atoms with van der Waals surface area (Å²) in [6.45, 7) is -2.32. The summed E-state index contributed by atoms with van der Waals surface area (Å²) in [6, 6.07) is 0. The number of hydrogen-bond donors (Lipinski definition) is 14. The summed E-state index contributed by atoms with van der Waals surface area (Å²) in [5.74, 6) is -16.3. The summed E-state index contributed by atoms with van der Waals surface area (Å²) in [4.78, 5) is 139. The Balaban J connectivity index is 2.73. The molecule has 0 aromatic heterocycles. The highest BCUT2D eigenvalue weighted by atomic mass is 32.2. The van der Waals surface area contributed by atoms with Gasteiger partial charge < -0.3 is 114 Å². The minimum Gasteiger partial charge on any atom is -0.481 e. The standard InChI is InChI=1S/C54H82O35S6/c55-35(56)19-29(47(69)70)90-13-1-7-81-25-27-43(41(67)46(85-11-5-17-94-33(51(77)78)23-39(63)64)54(88-27)86-12-6-18-95-34(52(79)80)24-40(65)66)89-53-42(68)45(84-10-4-16-93-32(50(75)76)22-38(61)62)44(83-9-3-15-92-31(49(73)74)21-37(59)60)28(87-53)26-82-8-2-14-91-30(48(71)72)20-36(57)58/h27-34,41-46,53-54,67-68H,1-26H2,(H,55,56)(H,57,58)(H,59,60)(H,61,62)(H,63,64)(H,65,66)(H,69,70)(H,71,72)(H,73,74)(H,75,76)(H,77,78)(H,79,80)/t27-,28-,29?,30?,31?,32?,33?,34?,41+,42-,43-,44-,45-,46-,53+,54-/m1/s1. The van der Waals surface area contributed by atoms with Gasteiger partial charge in [-0.05, 0) is 73.0 Å². The van der Waals surface area contributed by atoms with E-state index in [0.717, 1.165) is 70.6 Å². The first-order valence-corrected chi connectivity index (χ1v) is 35.5. The number of thioether (sulfide) groups is 6. The summed E-state index contributed by atoms with van der Waals surface area (Å²) in [5.41, 5.74) is 0. The van der Waals surface area contributed by atoms with E-state index in [4.69, 9.17) is 42.6 Å². The minimum atomic E-state index is -1.95. The molecule has 14 N–H and O–H groups in total. The maximum Gasteiger partial charge on any atom is 0.317 e. The fourth-order valence-corrected chi connectivity index (χ4v) is 14.5. The van der Waals surface area contributed by atoms with Crippen LogP contribution in [0.4, 0.5) is 0 Å². The Hall–Kier alpha value is -4.70. The van der Waals surface area contributed by atoms with Gasteiger partial charge in [-0.1, -0.05) is 0 Å². The van der Waals surface area contributed by atoms with Crippen LogP contribution < -0.4 is 0 Å². The van der Waals surface area contributed by atoms with Gasteiger partial charge in [0.2, 0.25) is 0 Å². The summed E-state index contributed by atoms with van der Waals surface area (Å²) in [5, 5.41) is 130. The monoisotopic (exact) mass is 1480 g/mol. The molecule has 0 bridgehead atoms. The molecule has 2 aliphatic heterocycles. The van der Waals surface area contributed by atoms with E-state index in [0.29, 0.717) is 0 Å². The van der Waals surface area contributed by atoms with Crippen molar-refractivity contribution in [2.24, 2.45) is 0 Å². The molecule has 544 valence electrons. The molecule has 35 nitrogen and oxygen atoms in total. The van der Waals surface area contributed by atoms with Crippen molar-refractivity contribution in [1.82, 2.24) is 0 Å². The van der Waals surface area contributed by atoms with Crippen LogP contribution >= 0.6 is 70.6 Å². The van der Waals surface area contributed by atoms with Crippen molar-refractivity contribution in [2.75, 3.05) is 87.4 Å². The Morgan fingerprint density at radius 1 is 0.305 bits per heavy atom. The Morgan fingerprint density at radius 2 is 0.558 bits per heavy atom. The molecule has 0 aliphatic carbocycles. The van der Waals surface area contributed by atoms with Crippen LogP contribution in [0.1, 0.15) is 77.0 Å². The number of aliphatic hydroxyl groups is 2. The normalized spacial score (nSPS) is 23.1. The molecule has 2 aliphatic rings. The summed E-state index contributed by atoms with van der Waals surface area (Å²) in [7, 11) is 0. The number of hydrogen-bond acceptors (Lipinski definition) is 29. The summed E-state index contributed by atoms with van der Waals surface area (Å²) >= 11 is 4.82. The number of rotatable bonds is 58. The Kier molecular flexibility index (Phi) is 43.7. The van der Waals surface area contributed by atoms with E-state index in [1.807, 2.05) is 0 Å². The average molecular weight is 1480 g/mol. The third-order valence-corrected chi connectivity index (χ3v) is 20.8. The van der Waals surface area contributed by atoms with Crippen LogP contribution in [-0.2, 0) is 100 Å². The van der Waals surface area contributed by atoms with Gasteiger partial charge in [0, 0.05) is 33.0 Å². The number of carboxylic acid groups (broad SMARTS) is 12. The predicted molar refractivity (Wildman–Crippen MR) is 336 cm³/mol. The lowest BCUT2D eigenvalue weighted by Gasteiger charge is -2.48. The van der Waals surface area contributed by atoms with E-state index >= 15 is 0 Å². The van der Waals surface area contributed by atoms with Gasteiger partial charge in [0.05, 0.1) is 58.3 Å². The molecule has 0 saturated carbocycles. The first-order chi connectivity index (χ1) is 44.9. The third kappa shape index (κ3) is 36.1. The van der Waals surface area contributed by atoms with Crippen LogP contribution in [0.5, 0.6) is 0 Å². The second kappa shape index (κ2) is 48.1. The number of ether oxygens (including phenoxy) is 9. The van der Waals surface area contributed by atoms with Gasteiger partial charge >= 0.3 is 71.6 Å². The van der Waals surface area contributed by atoms with Gasteiger partial charge in [0.25, 0.3) is 0 Å². The molecule has 0 aromatic rings. The lowest BCUT2D eigenvalue weighted by atomic mass is 9.96. The SMILES string of the molecule is O=C(O)CC(SCCCOC[C@H]1O[C@@H](OCCCSC(CC(=O)O)C(=O)O)[C@H](OCCCSC(CC(=O)O)C(=O)O)[C@@H](O)[C@@H]1O[C@@H]1O[C@H](COCCCSC(CC(=O)O)C(=O)O)[C@@H](OCCCSC(CC(=O)O)C(=O)O)[C@H](OCCCSC(CC(=O)O)C(=O)O)[C@H]1O)C(=O)O. The van der Waals surface area contributed by atoms with Crippen LogP contribution in [0, 0.1) is 0 Å². The Bertz CT molecular complexity index is 2430. The van der Waals surface area contributed by atoms with Crippen molar-refractivity contribution in [3.8, 4) is 0 Å². The van der Waals surface area contributed by atoms with Crippen molar-refractivity contribution >= 4 is 142 Å². The minimum absolute atomic E-state index is 0.000272. The fourth-order valence-electron chi connectivity index (χ4n) is 8.62. The van der Waals surface area contributed by atoms with Crippen LogP contribution in [0.15, 0.2) is 0 Å². The molecule has 2 heterocycles. The van der Waals surface area contributed by atoms with Gasteiger partial charge in [-0.3, -0.25) is 57.5 Å². The molecule has 6 unspecified atom stereocenters. The summed E-state index contributed by atoms with van der Waals surface area (Å²) in [6.07, 6.45) is -20.2. The quantitative estimate of drug-likeness (QED) is 0.0379. The van der Waals surface area contributed by atoms with E-state index in [9.17, 15) is 129 Å². The lowest BCUT2D eigenvalue weighted by molar-refractivity contribution is -0.367. The van der Waals surface area contributed by atoms with Crippen LogP contribution in [0.3, 0.4) is 0 Å². The third-order valence-electron chi connectivity index (χ3n) is 13.0. The van der Waals surface area contributed by atoms with E-state index in [1.165, 1.54) is 0 Å². The largest absolute Gasteiger partial charge is 0.481 e. The van der Waals surface area contributed by atoms with Gasteiger partial charge in [0.15, 0.2) is 12.6 Å². The van der Waals surface area contributed by atoms with Crippen molar-refractivity contribution in [1.29, 1.82) is 0 Å². The highest BCUT2D eigenvalue weighted by molar-refractivity contribution is 8.01. The predicted octanol–water partition coefficient (Wildman–Crippen LogP) is 1.06. The van der Waals surface area contributed by atoms with E-state index < -0.39 is 216 Å². The molecule has 0 radical (unpaired) electrons. The average Bonchev–Trinajstić information content (AvgIpc) is 0.835. The second-order valence-electron chi connectivity index (χ2n) is 20.6. The van der Waals surface area contributed by atoms with Crippen molar-refractivity contribution < 1.29 is 172 Å². The molecule has 2 rings (SSSR count). The van der Waals surface area contributed by atoms with Gasteiger partial charge in [-0.15, -0.1) is 70.6 Å². The van der Waals surface area contributed by atoms with Crippen LogP contribution in [0.25, 0.3) is 0 Å². The molecule has 95 heavy (non-hydrogen) atoms. The molecule has 41 heteroatoms. The van der Waals surface area contributed by atoms with Crippen molar-refractivity contribution in [3.05, 3.63) is 0 Å². The molecular formula is C54H82O35S6. The zero-order valence-corrected chi connectivity index (χ0v) is 55.8. The second-order valence-corrected chi connectivity index (χ2v) is 28.5. The maximum absolute atomic E-state index is 12.5. The van der Waals surface area contributed by atoms with Gasteiger partial charge in [-0.25, -0.2) is 0 Å². The van der Waals surface area contributed by atoms with Crippen LogP contribution in [0.2, 0.25) is 0 Å². The fraction of sp³-hybridized carbons (Fsp3) is 0.778. The molecule has 0 aromatic carbocycles. The van der Waals surface area contributed by atoms with E-state index in [2.05, 4.69) is 0 Å². The highest BCUT2D eigenvalue weighted by Gasteiger charge is 2.53. The number of carboxylic acids is 12. The highest BCUT2D eigenvalue weighted by Crippen LogP contribution is 2.35.